The molecule has 0 aliphatic carbocycles. The van der Waals surface area contributed by atoms with Crippen molar-refractivity contribution < 1.29 is 8.42 Å². The fourth-order valence-corrected chi connectivity index (χ4v) is 3.73. The number of rotatable bonds is 4. The van der Waals surface area contributed by atoms with Crippen LogP contribution in [-0.2, 0) is 16.4 Å². The number of piperazine rings is 1. The Balaban J connectivity index is 2.12. The molecular formula is C14H19N3O2S. The zero-order chi connectivity index (χ0) is 14.6. The molecule has 1 heterocycles. The molecule has 5 nitrogen and oxygen atoms in total. The molecular weight excluding hydrogens is 274 g/mol. The Labute approximate surface area is 120 Å². The zero-order valence-electron chi connectivity index (χ0n) is 11.6. The summed E-state index contributed by atoms with van der Waals surface area (Å²) in [6.07, 6.45) is 0.301. The topological polar surface area (TPSA) is 64.4 Å². The van der Waals surface area contributed by atoms with Crippen LogP contribution in [0.5, 0.6) is 0 Å². The average Bonchev–Trinajstić information content (AvgIpc) is 2.48. The molecule has 20 heavy (non-hydrogen) atoms. The van der Waals surface area contributed by atoms with Crippen molar-refractivity contribution in [2.24, 2.45) is 0 Å². The molecule has 0 saturated carbocycles. The van der Waals surface area contributed by atoms with E-state index >= 15 is 0 Å². The van der Waals surface area contributed by atoms with Crippen molar-refractivity contribution in [2.75, 3.05) is 32.7 Å². The molecule has 1 saturated heterocycles. The van der Waals surface area contributed by atoms with E-state index in [1.807, 2.05) is 0 Å². The van der Waals surface area contributed by atoms with Crippen LogP contribution in [0.2, 0.25) is 0 Å². The van der Waals surface area contributed by atoms with Gasteiger partial charge in [-0.2, -0.15) is 9.57 Å². The molecule has 0 aromatic heterocycles. The molecule has 0 atom stereocenters. The van der Waals surface area contributed by atoms with Crippen LogP contribution in [0.4, 0.5) is 0 Å². The third-order valence-corrected chi connectivity index (χ3v) is 5.54. The van der Waals surface area contributed by atoms with Gasteiger partial charge in [-0.3, -0.25) is 0 Å². The van der Waals surface area contributed by atoms with Gasteiger partial charge in [0.2, 0.25) is 10.0 Å². The highest BCUT2D eigenvalue weighted by molar-refractivity contribution is 7.89. The quantitative estimate of drug-likeness (QED) is 0.833. The van der Waals surface area contributed by atoms with Crippen molar-refractivity contribution in [3.05, 3.63) is 29.8 Å². The third kappa shape index (κ3) is 3.18. The maximum Gasteiger partial charge on any atom is 0.243 e. The van der Waals surface area contributed by atoms with E-state index in [1.54, 1.807) is 28.6 Å². The highest BCUT2D eigenvalue weighted by Gasteiger charge is 2.27. The van der Waals surface area contributed by atoms with Crippen molar-refractivity contribution in [1.82, 2.24) is 9.21 Å². The largest absolute Gasteiger partial charge is 0.301 e. The Bertz CT molecular complexity index is 582. The highest BCUT2D eigenvalue weighted by atomic mass is 32.2. The minimum atomic E-state index is -3.40. The molecule has 6 heteroatoms. The minimum Gasteiger partial charge on any atom is -0.301 e. The van der Waals surface area contributed by atoms with E-state index in [-0.39, 0.29) is 0 Å². The van der Waals surface area contributed by atoms with Gasteiger partial charge in [-0.15, -0.1) is 0 Å². The van der Waals surface area contributed by atoms with Gasteiger partial charge in [-0.05, 0) is 24.2 Å². The van der Waals surface area contributed by atoms with Gasteiger partial charge in [-0.1, -0.05) is 19.1 Å². The summed E-state index contributed by atoms with van der Waals surface area (Å²) < 4.78 is 26.5. The maximum absolute atomic E-state index is 12.5. The zero-order valence-corrected chi connectivity index (χ0v) is 12.4. The minimum absolute atomic E-state index is 0.301. The van der Waals surface area contributed by atoms with Crippen LogP contribution in [-0.4, -0.2) is 50.3 Å². The monoisotopic (exact) mass is 293 g/mol. The van der Waals surface area contributed by atoms with Gasteiger partial charge in [0.05, 0.1) is 17.4 Å². The van der Waals surface area contributed by atoms with Crippen LogP contribution >= 0.6 is 0 Å². The van der Waals surface area contributed by atoms with E-state index in [2.05, 4.69) is 17.9 Å². The van der Waals surface area contributed by atoms with Crippen LogP contribution in [0.25, 0.3) is 0 Å². The summed E-state index contributed by atoms with van der Waals surface area (Å²) in [6.45, 7) is 5.67. The SMILES string of the molecule is CCN1CCN(S(=O)(=O)c2ccc(CC#N)cc2)CC1. The first-order valence-corrected chi connectivity index (χ1v) is 8.20. The first-order valence-electron chi connectivity index (χ1n) is 6.76. The van der Waals surface area contributed by atoms with Gasteiger partial charge in [0.25, 0.3) is 0 Å². The van der Waals surface area contributed by atoms with Crippen molar-refractivity contribution >= 4 is 10.0 Å². The third-order valence-electron chi connectivity index (χ3n) is 3.62. The van der Waals surface area contributed by atoms with Crippen molar-refractivity contribution in [3.63, 3.8) is 0 Å². The average molecular weight is 293 g/mol. The fourth-order valence-electron chi connectivity index (χ4n) is 2.31. The molecule has 2 rings (SSSR count). The number of sulfonamides is 1. The molecule has 0 unspecified atom stereocenters. The van der Waals surface area contributed by atoms with E-state index in [0.29, 0.717) is 24.4 Å². The number of hydrogen-bond acceptors (Lipinski definition) is 4. The smallest absolute Gasteiger partial charge is 0.243 e. The van der Waals surface area contributed by atoms with Gasteiger partial charge in [0, 0.05) is 26.2 Å². The second kappa shape index (κ2) is 6.35. The number of nitrogens with zero attached hydrogens (tertiary/aromatic N) is 3. The lowest BCUT2D eigenvalue weighted by molar-refractivity contribution is 0.196. The molecule has 1 fully saturated rings. The van der Waals surface area contributed by atoms with E-state index < -0.39 is 10.0 Å². The lowest BCUT2D eigenvalue weighted by Crippen LogP contribution is -2.48. The standard InChI is InChI=1S/C14H19N3O2S/c1-2-16-9-11-17(12-10-16)20(18,19)14-5-3-13(4-6-14)7-8-15/h3-6H,2,7,9-12H2,1H3. The van der Waals surface area contributed by atoms with E-state index in [0.717, 1.165) is 25.2 Å². The predicted octanol–water partition coefficient (Wildman–Crippen LogP) is 1.08. The number of hydrogen-bond donors (Lipinski definition) is 0. The van der Waals surface area contributed by atoms with Gasteiger partial charge in [-0.25, -0.2) is 8.42 Å². The second-order valence-electron chi connectivity index (χ2n) is 4.82. The van der Waals surface area contributed by atoms with Crippen LogP contribution in [0, 0.1) is 11.3 Å². The van der Waals surface area contributed by atoms with Crippen molar-refractivity contribution in [1.29, 1.82) is 5.26 Å². The molecule has 1 aliphatic heterocycles. The van der Waals surface area contributed by atoms with Crippen molar-refractivity contribution in [2.45, 2.75) is 18.2 Å². The molecule has 1 aromatic rings. The summed E-state index contributed by atoms with van der Waals surface area (Å²) in [6, 6.07) is 8.65. The first kappa shape index (κ1) is 15.0. The Morgan fingerprint density at radius 2 is 1.75 bits per heavy atom. The summed E-state index contributed by atoms with van der Waals surface area (Å²) in [5.41, 5.74) is 0.835. The van der Waals surface area contributed by atoms with E-state index in [1.165, 1.54) is 0 Å². The molecule has 0 radical (unpaired) electrons. The molecule has 0 bridgehead atoms. The lowest BCUT2D eigenvalue weighted by atomic mass is 10.2. The Kier molecular flexibility index (Phi) is 4.76. The lowest BCUT2D eigenvalue weighted by Gasteiger charge is -2.33. The van der Waals surface area contributed by atoms with Gasteiger partial charge < -0.3 is 4.90 Å². The van der Waals surface area contributed by atoms with Crippen LogP contribution in [0.3, 0.4) is 0 Å². The Hall–Kier alpha value is -1.42. The molecule has 0 spiro atoms. The normalized spacial score (nSPS) is 17.8. The number of likely N-dealkylation sites (N-methyl/N-ethyl adjacent to an activating group) is 1. The van der Waals surface area contributed by atoms with Gasteiger partial charge >= 0.3 is 0 Å². The number of benzene rings is 1. The first-order chi connectivity index (χ1) is 9.57. The summed E-state index contributed by atoms with van der Waals surface area (Å²) in [5.74, 6) is 0. The maximum atomic E-state index is 12.5. The summed E-state index contributed by atoms with van der Waals surface area (Å²) in [7, 11) is -3.40. The summed E-state index contributed by atoms with van der Waals surface area (Å²) >= 11 is 0. The van der Waals surface area contributed by atoms with Gasteiger partial charge in [0.15, 0.2) is 0 Å². The molecule has 0 amide bonds. The van der Waals surface area contributed by atoms with E-state index in [9.17, 15) is 8.42 Å². The van der Waals surface area contributed by atoms with E-state index in [4.69, 9.17) is 5.26 Å². The van der Waals surface area contributed by atoms with Gasteiger partial charge in [0.1, 0.15) is 0 Å². The van der Waals surface area contributed by atoms with Crippen LogP contribution < -0.4 is 0 Å². The summed E-state index contributed by atoms with van der Waals surface area (Å²) in [4.78, 5) is 2.55. The Morgan fingerprint density at radius 1 is 1.15 bits per heavy atom. The second-order valence-corrected chi connectivity index (χ2v) is 6.76. The highest BCUT2D eigenvalue weighted by Crippen LogP contribution is 2.18. The van der Waals surface area contributed by atoms with Crippen LogP contribution in [0.1, 0.15) is 12.5 Å². The fraction of sp³-hybridized carbons (Fsp3) is 0.500. The predicted molar refractivity (Wildman–Crippen MR) is 76.6 cm³/mol. The Morgan fingerprint density at radius 3 is 2.25 bits per heavy atom. The molecule has 1 aromatic carbocycles. The molecule has 1 aliphatic rings. The molecule has 0 N–H and O–H groups in total. The molecule has 108 valence electrons. The van der Waals surface area contributed by atoms with Crippen LogP contribution in [0.15, 0.2) is 29.2 Å². The summed E-state index contributed by atoms with van der Waals surface area (Å²) in [5, 5.41) is 8.62. The number of nitriles is 1. The van der Waals surface area contributed by atoms with Crippen molar-refractivity contribution in [3.8, 4) is 6.07 Å².